The normalized spacial score (nSPS) is 21.3. The Balaban J connectivity index is 2.01. The molecule has 0 aromatic heterocycles. The minimum absolute atomic E-state index is 0.0882. The fourth-order valence-electron chi connectivity index (χ4n) is 3.11. The van der Waals surface area contributed by atoms with Crippen molar-refractivity contribution in [3.63, 3.8) is 0 Å². The molecule has 0 N–H and O–H groups in total. The zero-order chi connectivity index (χ0) is 22.1. The van der Waals surface area contributed by atoms with Gasteiger partial charge in [-0.2, -0.15) is 21.6 Å². The molecule has 2 atom stereocenters. The summed E-state index contributed by atoms with van der Waals surface area (Å²) in [6.45, 7) is 1.12. The molecule has 30 heavy (non-hydrogen) atoms. The van der Waals surface area contributed by atoms with E-state index in [4.69, 9.17) is 4.74 Å². The molecule has 1 heterocycles. The number of non-ortho nitro benzene ring substituents is 1. The zero-order valence-corrected chi connectivity index (χ0v) is 16.3. The van der Waals surface area contributed by atoms with Gasteiger partial charge in [-0.25, -0.2) is 0 Å². The molecular weight excluding hydrogens is 427 g/mol. The lowest BCUT2D eigenvalue weighted by atomic mass is 9.97. The number of ether oxygens (including phenoxy) is 1. The topological polar surface area (TPSA) is 95.7 Å². The van der Waals surface area contributed by atoms with Crippen LogP contribution in [0.1, 0.15) is 36.7 Å². The predicted molar refractivity (Wildman–Crippen MR) is 99.5 cm³/mol. The van der Waals surface area contributed by atoms with Crippen molar-refractivity contribution in [2.45, 2.75) is 31.1 Å². The van der Waals surface area contributed by atoms with E-state index in [2.05, 4.69) is 4.18 Å². The van der Waals surface area contributed by atoms with Gasteiger partial charge in [0.15, 0.2) is 0 Å². The molecular formula is C19H16F3NO6S. The van der Waals surface area contributed by atoms with Gasteiger partial charge in [0.2, 0.25) is 0 Å². The first kappa shape index (κ1) is 21.8. The van der Waals surface area contributed by atoms with Crippen molar-refractivity contribution in [1.82, 2.24) is 0 Å². The van der Waals surface area contributed by atoms with E-state index in [-0.39, 0.29) is 17.7 Å². The van der Waals surface area contributed by atoms with Crippen molar-refractivity contribution in [2.24, 2.45) is 0 Å². The molecule has 1 fully saturated rings. The van der Waals surface area contributed by atoms with E-state index in [9.17, 15) is 31.7 Å². The molecule has 0 bridgehead atoms. The van der Waals surface area contributed by atoms with Gasteiger partial charge in [-0.3, -0.25) is 10.1 Å². The quantitative estimate of drug-likeness (QED) is 0.214. The Morgan fingerprint density at radius 1 is 1.10 bits per heavy atom. The average Bonchev–Trinajstić information content (AvgIpc) is 3.13. The summed E-state index contributed by atoms with van der Waals surface area (Å²) in [5.41, 5.74) is -4.39. The number of alkyl halides is 3. The van der Waals surface area contributed by atoms with Crippen LogP contribution in [0, 0.1) is 10.1 Å². The molecule has 2 aromatic rings. The van der Waals surface area contributed by atoms with Crippen LogP contribution in [-0.4, -0.2) is 18.8 Å². The number of hydrogen-bond donors (Lipinski definition) is 0. The van der Waals surface area contributed by atoms with Gasteiger partial charge in [0.05, 0.1) is 11.0 Å². The third-order valence-corrected chi connectivity index (χ3v) is 5.61. The van der Waals surface area contributed by atoms with Crippen LogP contribution in [0.4, 0.5) is 18.9 Å². The number of nitro groups is 1. The molecule has 0 saturated carbocycles. The second-order valence-corrected chi connectivity index (χ2v) is 8.07. The standard InChI is InChI=1S/C19H16F3NO6S/c1-12(29-30(26,27)19(20,21)22)16-11-17(13-5-3-2-4-6-13)28-18(16)14-7-9-15(10-8-14)23(24)25/h2-10,17-18H,11H2,1H3/b16-12+/t17-,18-/m1/s1. The number of nitrogens with zero attached hydrogens (tertiary/aromatic N) is 1. The third kappa shape index (κ3) is 4.46. The number of benzene rings is 2. The highest BCUT2D eigenvalue weighted by Gasteiger charge is 2.49. The summed E-state index contributed by atoms with van der Waals surface area (Å²) in [7, 11) is -5.84. The minimum atomic E-state index is -5.84. The van der Waals surface area contributed by atoms with Gasteiger partial charge < -0.3 is 8.92 Å². The van der Waals surface area contributed by atoms with Gasteiger partial charge in [-0.15, -0.1) is 0 Å². The van der Waals surface area contributed by atoms with Gasteiger partial charge in [-0.1, -0.05) is 30.3 Å². The maximum Gasteiger partial charge on any atom is 0.534 e. The molecule has 160 valence electrons. The number of halogens is 3. The van der Waals surface area contributed by atoms with E-state index in [0.717, 1.165) is 12.5 Å². The maximum atomic E-state index is 12.7. The van der Waals surface area contributed by atoms with Gasteiger partial charge in [0.25, 0.3) is 5.69 Å². The average molecular weight is 443 g/mol. The second kappa shape index (κ2) is 8.07. The maximum absolute atomic E-state index is 12.7. The van der Waals surface area contributed by atoms with Crippen LogP contribution in [0.3, 0.4) is 0 Å². The molecule has 3 rings (SSSR count). The molecule has 2 aromatic carbocycles. The van der Waals surface area contributed by atoms with Gasteiger partial charge >= 0.3 is 15.6 Å². The molecule has 1 aliphatic heterocycles. The Labute approximate surface area is 170 Å². The summed E-state index contributed by atoms with van der Waals surface area (Å²) in [5.74, 6) is -0.450. The summed E-state index contributed by atoms with van der Waals surface area (Å²) in [6, 6.07) is 14.1. The molecule has 0 spiro atoms. The molecule has 0 aliphatic carbocycles. The molecule has 1 saturated heterocycles. The van der Waals surface area contributed by atoms with E-state index in [1.807, 2.05) is 0 Å². The fourth-order valence-corrected chi connectivity index (χ4v) is 3.64. The van der Waals surface area contributed by atoms with Crippen LogP contribution in [0.15, 0.2) is 65.9 Å². The Morgan fingerprint density at radius 3 is 2.23 bits per heavy atom. The zero-order valence-electron chi connectivity index (χ0n) is 15.5. The molecule has 0 amide bonds. The van der Waals surface area contributed by atoms with Gasteiger partial charge in [-0.05, 0) is 30.2 Å². The van der Waals surface area contributed by atoms with Crippen molar-refractivity contribution in [3.05, 3.63) is 87.2 Å². The number of allylic oxidation sites excluding steroid dienone is 1. The van der Waals surface area contributed by atoms with Crippen LogP contribution < -0.4 is 0 Å². The van der Waals surface area contributed by atoms with Gasteiger partial charge in [0, 0.05) is 24.1 Å². The lowest BCUT2D eigenvalue weighted by Gasteiger charge is -2.16. The summed E-state index contributed by atoms with van der Waals surface area (Å²) >= 11 is 0. The van der Waals surface area contributed by atoms with Crippen LogP contribution in [-0.2, 0) is 19.0 Å². The smallest absolute Gasteiger partial charge is 0.381 e. The van der Waals surface area contributed by atoms with Crippen molar-refractivity contribution >= 4 is 15.8 Å². The van der Waals surface area contributed by atoms with Crippen LogP contribution in [0.5, 0.6) is 0 Å². The summed E-state index contributed by atoms with van der Waals surface area (Å²) in [5, 5.41) is 10.9. The Morgan fingerprint density at radius 2 is 1.70 bits per heavy atom. The summed E-state index contributed by atoms with van der Waals surface area (Å²) < 4.78 is 71.4. The number of nitro benzene ring substituents is 1. The van der Waals surface area contributed by atoms with E-state index in [0.29, 0.717) is 5.56 Å². The minimum Gasteiger partial charge on any atom is -0.381 e. The summed E-state index contributed by atoms with van der Waals surface area (Å²) in [6.07, 6.45) is -1.40. The van der Waals surface area contributed by atoms with Crippen LogP contribution >= 0.6 is 0 Å². The first-order chi connectivity index (χ1) is 14.0. The third-order valence-electron chi connectivity index (χ3n) is 4.57. The lowest BCUT2D eigenvalue weighted by Crippen LogP contribution is -2.25. The highest BCUT2D eigenvalue weighted by Crippen LogP contribution is 2.47. The monoisotopic (exact) mass is 443 g/mol. The van der Waals surface area contributed by atoms with Crippen molar-refractivity contribution in [3.8, 4) is 0 Å². The lowest BCUT2D eigenvalue weighted by molar-refractivity contribution is -0.384. The fraction of sp³-hybridized carbons (Fsp3) is 0.263. The van der Waals surface area contributed by atoms with E-state index in [1.54, 1.807) is 30.3 Å². The summed E-state index contributed by atoms with van der Waals surface area (Å²) in [4.78, 5) is 10.3. The Bertz CT molecular complexity index is 1070. The van der Waals surface area contributed by atoms with E-state index >= 15 is 0 Å². The van der Waals surface area contributed by atoms with Crippen molar-refractivity contribution < 1.29 is 35.4 Å². The number of rotatable bonds is 5. The van der Waals surface area contributed by atoms with E-state index in [1.165, 1.54) is 24.3 Å². The predicted octanol–water partition coefficient (Wildman–Crippen LogP) is 4.94. The SMILES string of the molecule is C/C(OS(=O)(=O)C(F)(F)F)=C1/C[C@H](c2ccccc2)O[C@@H]1c1ccc([N+](=O)[O-])cc1. The molecule has 1 aliphatic rings. The molecule has 11 heteroatoms. The van der Waals surface area contributed by atoms with Crippen LogP contribution in [0.25, 0.3) is 0 Å². The number of hydrogen-bond acceptors (Lipinski definition) is 6. The highest BCUT2D eigenvalue weighted by molar-refractivity contribution is 7.87. The Kier molecular flexibility index (Phi) is 5.86. The van der Waals surface area contributed by atoms with E-state index < -0.39 is 38.5 Å². The van der Waals surface area contributed by atoms with Crippen molar-refractivity contribution in [1.29, 1.82) is 0 Å². The molecule has 7 nitrogen and oxygen atoms in total. The highest BCUT2D eigenvalue weighted by atomic mass is 32.2. The first-order valence-electron chi connectivity index (χ1n) is 8.65. The largest absolute Gasteiger partial charge is 0.534 e. The van der Waals surface area contributed by atoms with Crippen molar-refractivity contribution in [2.75, 3.05) is 0 Å². The van der Waals surface area contributed by atoms with Gasteiger partial charge in [0.1, 0.15) is 11.9 Å². The Hall–Kier alpha value is -2.92. The first-order valence-corrected chi connectivity index (χ1v) is 10.1. The molecule has 0 radical (unpaired) electrons. The second-order valence-electron chi connectivity index (χ2n) is 6.53. The van der Waals surface area contributed by atoms with Crippen LogP contribution in [0.2, 0.25) is 0 Å². The molecule has 0 unspecified atom stereocenters.